The number of hydrogen-bond donors (Lipinski definition) is 3. The molecule has 0 aliphatic heterocycles. The van der Waals surface area contributed by atoms with Crippen LogP contribution in [0.15, 0.2) is 22.8 Å². The highest BCUT2D eigenvalue weighted by Crippen LogP contribution is 2.70. The summed E-state index contributed by atoms with van der Waals surface area (Å²) in [7, 11) is 0. The fraction of sp³-hybridized carbons (Fsp3) is 0.769. The van der Waals surface area contributed by atoms with E-state index in [1.165, 1.54) is 11.1 Å². The first-order chi connectivity index (χ1) is 14.4. The summed E-state index contributed by atoms with van der Waals surface area (Å²) in [6.07, 6.45) is 6.27. The molecule has 4 aliphatic carbocycles. The summed E-state index contributed by atoms with van der Waals surface area (Å²) in [6, 6.07) is 0. The number of rotatable bonds is 4. The van der Waals surface area contributed by atoms with Gasteiger partial charge in [-0.25, -0.2) is 0 Å². The summed E-state index contributed by atoms with van der Waals surface area (Å²) in [5.41, 5.74) is 2.02. The summed E-state index contributed by atoms with van der Waals surface area (Å²) in [5, 5.41) is 30.3. The molecule has 7 atom stereocenters. The van der Waals surface area contributed by atoms with Crippen LogP contribution in [-0.4, -0.2) is 39.8 Å². The van der Waals surface area contributed by atoms with E-state index in [0.29, 0.717) is 6.42 Å². The van der Waals surface area contributed by atoms with Crippen LogP contribution in [0.2, 0.25) is 0 Å². The van der Waals surface area contributed by atoms with Gasteiger partial charge in [0, 0.05) is 10.8 Å². The number of carbonyl (C=O) groups excluding carboxylic acids is 1. The van der Waals surface area contributed by atoms with E-state index >= 15 is 0 Å². The van der Waals surface area contributed by atoms with Crippen molar-refractivity contribution in [2.75, 3.05) is 6.61 Å². The first-order valence-electron chi connectivity index (χ1n) is 11.9. The summed E-state index contributed by atoms with van der Waals surface area (Å²) >= 11 is 0. The SMILES string of the molecule is C[C@H](CC(=O)O)C1=CC(=O)[C@@]2(C)C3=C(CC[C@]12C)[C@@]1(C)CC[C@H](O)[C@](C)(CO)[C@H]1CC3. The third-order valence-corrected chi connectivity index (χ3v) is 10.4. The molecule has 0 bridgehead atoms. The van der Waals surface area contributed by atoms with Crippen LogP contribution in [0.25, 0.3) is 0 Å². The van der Waals surface area contributed by atoms with Crippen molar-refractivity contribution in [2.24, 2.45) is 33.5 Å². The van der Waals surface area contributed by atoms with E-state index in [0.717, 1.165) is 37.7 Å². The second kappa shape index (κ2) is 7.02. The molecule has 4 rings (SSSR count). The van der Waals surface area contributed by atoms with Crippen LogP contribution in [0.1, 0.15) is 79.6 Å². The van der Waals surface area contributed by atoms with Crippen LogP contribution in [0, 0.1) is 33.5 Å². The maximum atomic E-state index is 13.6. The Morgan fingerprint density at radius 1 is 1.13 bits per heavy atom. The number of ketones is 1. The number of allylic oxidation sites excluding steroid dienone is 4. The Kier molecular flexibility index (Phi) is 5.14. The van der Waals surface area contributed by atoms with Gasteiger partial charge in [-0.05, 0) is 68.8 Å². The maximum Gasteiger partial charge on any atom is 0.303 e. The average Bonchev–Trinajstić information content (AvgIpc) is 2.92. The third kappa shape index (κ3) is 2.75. The number of carbonyl (C=O) groups is 2. The Morgan fingerprint density at radius 2 is 1.81 bits per heavy atom. The second-order valence-electron chi connectivity index (χ2n) is 11.6. The van der Waals surface area contributed by atoms with E-state index in [1.54, 1.807) is 6.08 Å². The lowest BCUT2D eigenvalue weighted by Gasteiger charge is -2.61. The van der Waals surface area contributed by atoms with Gasteiger partial charge in [-0.2, -0.15) is 0 Å². The van der Waals surface area contributed by atoms with E-state index in [4.69, 9.17) is 0 Å². The molecule has 0 aromatic rings. The zero-order valence-electron chi connectivity index (χ0n) is 19.6. The minimum Gasteiger partial charge on any atom is -0.481 e. The molecule has 0 heterocycles. The molecule has 4 aliphatic rings. The predicted molar refractivity (Wildman–Crippen MR) is 118 cm³/mol. The number of carboxylic acid groups (broad SMARTS) is 1. The fourth-order valence-corrected chi connectivity index (χ4v) is 8.21. The Labute approximate surface area is 185 Å². The van der Waals surface area contributed by atoms with Crippen molar-refractivity contribution in [3.05, 3.63) is 22.8 Å². The molecule has 0 amide bonds. The topological polar surface area (TPSA) is 94.8 Å². The van der Waals surface area contributed by atoms with Crippen LogP contribution < -0.4 is 0 Å². The van der Waals surface area contributed by atoms with Crippen molar-refractivity contribution in [3.63, 3.8) is 0 Å². The van der Waals surface area contributed by atoms with E-state index in [1.807, 2.05) is 13.8 Å². The number of carboxylic acids is 1. The molecule has 1 fully saturated rings. The van der Waals surface area contributed by atoms with E-state index in [9.17, 15) is 24.9 Å². The number of fused-ring (bicyclic) bond motifs is 4. The molecule has 5 heteroatoms. The summed E-state index contributed by atoms with van der Waals surface area (Å²) in [6.45, 7) is 10.5. The lowest BCUT2D eigenvalue weighted by Crippen LogP contribution is -2.57. The van der Waals surface area contributed by atoms with Gasteiger partial charge in [-0.1, -0.05) is 44.4 Å². The van der Waals surface area contributed by atoms with Crippen LogP contribution >= 0.6 is 0 Å². The Balaban J connectivity index is 1.80. The molecule has 0 saturated heterocycles. The molecule has 0 radical (unpaired) electrons. The highest BCUT2D eigenvalue weighted by molar-refractivity contribution is 6.02. The number of aliphatic carboxylic acids is 1. The summed E-state index contributed by atoms with van der Waals surface area (Å²) in [5.74, 6) is -0.678. The Bertz CT molecular complexity index is 886. The van der Waals surface area contributed by atoms with Crippen molar-refractivity contribution in [1.82, 2.24) is 0 Å². The van der Waals surface area contributed by atoms with Crippen LogP contribution in [0.3, 0.4) is 0 Å². The van der Waals surface area contributed by atoms with Crippen molar-refractivity contribution >= 4 is 11.8 Å². The van der Waals surface area contributed by atoms with Gasteiger partial charge in [0.15, 0.2) is 5.78 Å². The smallest absolute Gasteiger partial charge is 0.303 e. The molecule has 3 N–H and O–H groups in total. The number of aliphatic hydroxyl groups excluding tert-OH is 2. The first kappa shape index (κ1) is 22.7. The van der Waals surface area contributed by atoms with Gasteiger partial charge in [0.1, 0.15) is 0 Å². The van der Waals surface area contributed by atoms with Crippen molar-refractivity contribution in [1.29, 1.82) is 0 Å². The van der Waals surface area contributed by atoms with Gasteiger partial charge in [0.25, 0.3) is 0 Å². The van der Waals surface area contributed by atoms with Gasteiger partial charge in [-0.15, -0.1) is 0 Å². The highest BCUT2D eigenvalue weighted by Gasteiger charge is 2.64. The number of aliphatic hydroxyl groups is 2. The van der Waals surface area contributed by atoms with E-state index < -0.39 is 22.9 Å². The lowest BCUT2D eigenvalue weighted by molar-refractivity contribution is -0.137. The average molecular weight is 431 g/mol. The van der Waals surface area contributed by atoms with Gasteiger partial charge in [0.05, 0.1) is 24.5 Å². The van der Waals surface area contributed by atoms with Gasteiger partial charge >= 0.3 is 5.97 Å². The highest BCUT2D eigenvalue weighted by atomic mass is 16.4. The van der Waals surface area contributed by atoms with Crippen molar-refractivity contribution in [3.8, 4) is 0 Å². The van der Waals surface area contributed by atoms with E-state index in [2.05, 4.69) is 20.8 Å². The third-order valence-electron chi connectivity index (χ3n) is 10.4. The van der Waals surface area contributed by atoms with Gasteiger partial charge in [-0.3, -0.25) is 9.59 Å². The van der Waals surface area contributed by atoms with Crippen LogP contribution in [0.4, 0.5) is 0 Å². The molecule has 5 nitrogen and oxygen atoms in total. The number of hydrogen-bond acceptors (Lipinski definition) is 4. The fourth-order valence-electron chi connectivity index (χ4n) is 8.21. The van der Waals surface area contributed by atoms with Gasteiger partial charge in [0.2, 0.25) is 0 Å². The normalized spacial score (nSPS) is 45.5. The van der Waals surface area contributed by atoms with Crippen LogP contribution in [0.5, 0.6) is 0 Å². The van der Waals surface area contributed by atoms with Gasteiger partial charge < -0.3 is 15.3 Å². The Hall–Kier alpha value is -1.46. The maximum absolute atomic E-state index is 13.6. The molecular formula is C26H38O5. The molecule has 172 valence electrons. The van der Waals surface area contributed by atoms with Crippen molar-refractivity contribution in [2.45, 2.75) is 85.7 Å². The minimum absolute atomic E-state index is 0.0244. The quantitative estimate of drug-likeness (QED) is 0.579. The molecule has 0 spiro atoms. The molecule has 31 heavy (non-hydrogen) atoms. The molecule has 1 saturated carbocycles. The monoisotopic (exact) mass is 430 g/mol. The summed E-state index contributed by atoms with van der Waals surface area (Å²) < 4.78 is 0. The molecule has 0 aromatic heterocycles. The van der Waals surface area contributed by atoms with Crippen LogP contribution in [-0.2, 0) is 9.59 Å². The largest absolute Gasteiger partial charge is 0.481 e. The molecule has 0 unspecified atom stereocenters. The zero-order chi connectivity index (χ0) is 23.0. The lowest BCUT2D eigenvalue weighted by atomic mass is 9.43. The molecule has 0 aromatic carbocycles. The van der Waals surface area contributed by atoms with Crippen molar-refractivity contribution < 1.29 is 24.9 Å². The Morgan fingerprint density at radius 3 is 2.42 bits per heavy atom. The minimum atomic E-state index is -0.828. The molecular weight excluding hydrogens is 392 g/mol. The predicted octanol–water partition coefficient (Wildman–Crippen LogP) is 4.28. The summed E-state index contributed by atoms with van der Waals surface area (Å²) in [4.78, 5) is 24.9. The second-order valence-corrected chi connectivity index (χ2v) is 11.6. The first-order valence-corrected chi connectivity index (χ1v) is 11.9. The standard InChI is InChI=1S/C26H38O5/c1-15(12-22(30)31)18-13-21(29)26(5)17-6-7-19-23(2,16(17)8-11-25(18,26)4)10-9-20(28)24(19,3)14-27/h13,15,19-20,27-28H,6-12,14H2,1-5H3,(H,30,31)/t15-,19+,20+,23-,24-,25-,26-/m1/s1. The zero-order valence-corrected chi connectivity index (χ0v) is 19.6. The van der Waals surface area contributed by atoms with E-state index in [-0.39, 0.29) is 41.5 Å².